The summed E-state index contributed by atoms with van der Waals surface area (Å²) in [5.41, 5.74) is 1.45. The number of aliphatic carboxylic acids is 1. The molecule has 1 atom stereocenters. The normalized spacial score (nSPS) is 16.0. The van der Waals surface area contributed by atoms with Crippen molar-refractivity contribution in [2.75, 3.05) is 57.1 Å². The fourth-order valence-corrected chi connectivity index (χ4v) is 6.11. The lowest BCUT2D eigenvalue weighted by molar-refractivity contribution is -0.141. The van der Waals surface area contributed by atoms with Gasteiger partial charge in [0.25, 0.3) is 0 Å². The quantitative estimate of drug-likeness (QED) is 0.342. The second-order valence-electron chi connectivity index (χ2n) is 10.4. The number of alkyl halides is 1. The van der Waals surface area contributed by atoms with E-state index in [0.717, 1.165) is 12.8 Å². The number of carbonyl (C=O) groups excluding carboxylic acids is 1. The lowest BCUT2D eigenvalue weighted by Gasteiger charge is -2.27. The highest BCUT2D eigenvalue weighted by Crippen LogP contribution is 2.41. The number of fused-ring (bicyclic) bond motifs is 1. The van der Waals surface area contributed by atoms with E-state index in [1.807, 2.05) is 11.9 Å². The van der Waals surface area contributed by atoms with Gasteiger partial charge in [-0.3, -0.25) is 14.5 Å². The van der Waals surface area contributed by atoms with E-state index in [1.54, 1.807) is 24.4 Å². The summed E-state index contributed by atoms with van der Waals surface area (Å²) in [5.74, 6) is -0.712. The number of aromatic nitrogens is 2. The van der Waals surface area contributed by atoms with Crippen LogP contribution < -0.4 is 19.3 Å². The molecular weight excluding hydrogens is 570 g/mol. The standard InChI is InChI=1S/C29H32F2N4O6S/c1-34-7-10-40-23-12-19(15-32-27(23)34)21-4-3-20(41-16-30)14-22(21)25-26(31)42-29(33-25)35(2)28(38)18(13-24(36)37)11-17-5-8-39-9-6-17/h3-4,12,14-15,17-18H,5-11,13,16H2,1-2H3,(H,36,37)/t18-/m1/s1. The molecular formula is C29H32F2N4O6S. The third kappa shape index (κ3) is 6.46. The molecule has 0 unspecified atom stereocenters. The van der Waals surface area contributed by atoms with Crippen LogP contribution >= 0.6 is 11.3 Å². The van der Waals surface area contributed by atoms with Crippen LogP contribution in [0.4, 0.5) is 19.7 Å². The molecule has 224 valence electrons. The number of pyridine rings is 1. The maximum absolute atomic E-state index is 15.6. The van der Waals surface area contributed by atoms with Gasteiger partial charge in [0.2, 0.25) is 17.9 Å². The van der Waals surface area contributed by atoms with Crippen LogP contribution in [0.15, 0.2) is 30.5 Å². The molecule has 5 rings (SSSR count). The minimum atomic E-state index is -1.08. The van der Waals surface area contributed by atoms with E-state index in [2.05, 4.69) is 9.97 Å². The number of carboxylic acid groups (broad SMARTS) is 1. The number of anilines is 2. The highest BCUT2D eigenvalue weighted by Gasteiger charge is 2.31. The minimum absolute atomic E-state index is 0.0519. The van der Waals surface area contributed by atoms with E-state index < -0.39 is 29.8 Å². The van der Waals surface area contributed by atoms with Gasteiger partial charge in [-0.1, -0.05) is 11.3 Å². The third-order valence-corrected chi connectivity index (χ3v) is 8.50. The number of hydrogen-bond acceptors (Lipinski definition) is 9. The first-order valence-electron chi connectivity index (χ1n) is 13.7. The van der Waals surface area contributed by atoms with Crippen LogP contribution in [0.5, 0.6) is 11.5 Å². The van der Waals surface area contributed by atoms with Gasteiger partial charge < -0.3 is 24.2 Å². The van der Waals surface area contributed by atoms with Gasteiger partial charge in [0.15, 0.2) is 16.7 Å². The first kappa shape index (κ1) is 29.6. The van der Waals surface area contributed by atoms with Crippen molar-refractivity contribution in [2.45, 2.75) is 25.7 Å². The number of halogens is 2. The molecule has 2 aliphatic heterocycles. The maximum atomic E-state index is 15.6. The molecule has 0 bridgehead atoms. The van der Waals surface area contributed by atoms with Crippen molar-refractivity contribution < 1.29 is 37.7 Å². The summed E-state index contributed by atoms with van der Waals surface area (Å²) < 4.78 is 44.9. The van der Waals surface area contributed by atoms with Gasteiger partial charge in [0.1, 0.15) is 18.1 Å². The Balaban J connectivity index is 1.48. The number of hydrogen-bond donors (Lipinski definition) is 1. The van der Waals surface area contributed by atoms with Crippen molar-refractivity contribution >= 4 is 34.2 Å². The predicted octanol–water partition coefficient (Wildman–Crippen LogP) is 5.02. The summed E-state index contributed by atoms with van der Waals surface area (Å²) in [6.45, 7) is 1.27. The third-order valence-electron chi connectivity index (χ3n) is 7.58. The highest BCUT2D eigenvalue weighted by atomic mass is 32.1. The molecule has 1 aromatic carbocycles. The summed E-state index contributed by atoms with van der Waals surface area (Å²) in [4.78, 5) is 37.3. The molecule has 0 radical (unpaired) electrons. The smallest absolute Gasteiger partial charge is 0.304 e. The number of amides is 1. The minimum Gasteiger partial charge on any atom is -0.488 e. The number of thiazole rings is 1. The summed E-state index contributed by atoms with van der Waals surface area (Å²) in [6.07, 6.45) is 3.21. The van der Waals surface area contributed by atoms with E-state index in [0.29, 0.717) is 72.4 Å². The number of carboxylic acids is 1. The summed E-state index contributed by atoms with van der Waals surface area (Å²) in [6, 6.07) is 6.53. The van der Waals surface area contributed by atoms with Gasteiger partial charge in [-0.25, -0.2) is 14.4 Å². The van der Waals surface area contributed by atoms with Crippen LogP contribution in [0.2, 0.25) is 0 Å². The molecule has 4 heterocycles. The molecule has 0 spiro atoms. The molecule has 0 saturated carbocycles. The van der Waals surface area contributed by atoms with Gasteiger partial charge in [0.05, 0.1) is 13.0 Å². The Morgan fingerprint density at radius 3 is 2.76 bits per heavy atom. The average Bonchev–Trinajstić information content (AvgIpc) is 3.37. The lowest BCUT2D eigenvalue weighted by Crippen LogP contribution is -2.35. The maximum Gasteiger partial charge on any atom is 0.304 e. The first-order chi connectivity index (χ1) is 20.2. The summed E-state index contributed by atoms with van der Waals surface area (Å²) in [5, 5.41) is 8.90. The number of benzene rings is 1. The Bertz CT molecular complexity index is 1450. The molecule has 1 fully saturated rings. The van der Waals surface area contributed by atoms with Crippen molar-refractivity contribution in [3.63, 3.8) is 0 Å². The van der Waals surface area contributed by atoms with E-state index >= 15 is 4.39 Å². The van der Waals surface area contributed by atoms with E-state index in [4.69, 9.17) is 14.2 Å². The number of rotatable bonds is 10. The lowest BCUT2D eigenvalue weighted by atomic mass is 9.86. The largest absolute Gasteiger partial charge is 0.488 e. The molecule has 13 heteroatoms. The number of carbonyl (C=O) groups is 2. The molecule has 2 aromatic heterocycles. The van der Waals surface area contributed by atoms with Crippen LogP contribution in [-0.4, -0.2) is 74.3 Å². The van der Waals surface area contributed by atoms with Gasteiger partial charge in [-0.15, -0.1) is 0 Å². The predicted molar refractivity (Wildman–Crippen MR) is 153 cm³/mol. The zero-order chi connectivity index (χ0) is 29.8. The van der Waals surface area contributed by atoms with Gasteiger partial charge >= 0.3 is 5.97 Å². The van der Waals surface area contributed by atoms with E-state index in [-0.39, 0.29) is 28.9 Å². The van der Waals surface area contributed by atoms with Gasteiger partial charge in [-0.2, -0.15) is 4.39 Å². The Hall–Kier alpha value is -3.84. The zero-order valence-corrected chi connectivity index (χ0v) is 24.2. The molecule has 0 aliphatic carbocycles. The Kier molecular flexibility index (Phi) is 9.17. The van der Waals surface area contributed by atoms with Crippen LogP contribution in [0.25, 0.3) is 22.4 Å². The highest BCUT2D eigenvalue weighted by molar-refractivity contribution is 7.14. The molecule has 3 aromatic rings. The molecule has 1 N–H and O–H groups in total. The van der Waals surface area contributed by atoms with Crippen molar-refractivity contribution in [3.8, 4) is 33.9 Å². The molecule has 42 heavy (non-hydrogen) atoms. The second-order valence-corrected chi connectivity index (χ2v) is 11.3. The molecule has 2 aliphatic rings. The van der Waals surface area contributed by atoms with Crippen molar-refractivity contribution in [3.05, 3.63) is 35.6 Å². The Morgan fingerprint density at radius 2 is 2.02 bits per heavy atom. The van der Waals surface area contributed by atoms with Gasteiger partial charge in [0, 0.05) is 50.6 Å². The van der Waals surface area contributed by atoms with E-state index in [1.165, 1.54) is 18.0 Å². The van der Waals surface area contributed by atoms with Crippen LogP contribution in [0.1, 0.15) is 25.7 Å². The van der Waals surface area contributed by atoms with Crippen molar-refractivity contribution in [1.82, 2.24) is 9.97 Å². The fraction of sp³-hybridized carbons (Fsp3) is 0.448. The fourth-order valence-electron chi connectivity index (χ4n) is 5.34. The molecule has 1 saturated heterocycles. The zero-order valence-electron chi connectivity index (χ0n) is 23.3. The number of likely N-dealkylation sites (N-methyl/N-ethyl adjacent to an activating group) is 1. The SMILES string of the molecule is CN1CCOc2cc(-c3ccc(OCF)cc3-c3nc(N(C)C(=O)[C@@H](CC(=O)O)CC4CCOCC4)sc3F)cnc21. The molecule has 10 nitrogen and oxygen atoms in total. The number of ether oxygens (including phenoxy) is 3. The van der Waals surface area contributed by atoms with Crippen molar-refractivity contribution in [2.24, 2.45) is 11.8 Å². The van der Waals surface area contributed by atoms with E-state index in [9.17, 15) is 19.1 Å². The van der Waals surface area contributed by atoms with Gasteiger partial charge in [-0.05, 0) is 55.0 Å². The first-order valence-corrected chi connectivity index (χ1v) is 14.5. The van der Waals surface area contributed by atoms with Crippen molar-refractivity contribution in [1.29, 1.82) is 0 Å². The monoisotopic (exact) mass is 602 g/mol. The number of nitrogens with zero attached hydrogens (tertiary/aromatic N) is 4. The van der Waals surface area contributed by atoms with Crippen LogP contribution in [-0.2, 0) is 14.3 Å². The van der Waals surface area contributed by atoms with Crippen LogP contribution in [0, 0.1) is 17.0 Å². The topological polar surface area (TPSA) is 114 Å². The van der Waals surface area contributed by atoms with Crippen LogP contribution in [0.3, 0.4) is 0 Å². The summed E-state index contributed by atoms with van der Waals surface area (Å²) in [7, 11) is 3.38. The summed E-state index contributed by atoms with van der Waals surface area (Å²) >= 11 is 0.672. The second kappa shape index (κ2) is 13.0. The average molecular weight is 603 g/mol. The Morgan fingerprint density at radius 1 is 1.24 bits per heavy atom. The molecule has 1 amide bonds. The Labute approximate surface area is 245 Å².